The van der Waals surface area contributed by atoms with Crippen molar-refractivity contribution in [1.82, 2.24) is 19.9 Å². The zero-order valence-corrected chi connectivity index (χ0v) is 14.4. The molecule has 0 atom stereocenters. The Morgan fingerprint density at radius 1 is 1.04 bits per heavy atom. The molecule has 5 nitrogen and oxygen atoms in total. The zero-order valence-electron chi connectivity index (χ0n) is 14.4. The largest absolute Gasteiger partial charge is 0.346 e. The Bertz CT molecular complexity index is 1060. The second kappa shape index (κ2) is 6.80. The van der Waals surface area contributed by atoms with Crippen molar-refractivity contribution < 1.29 is 4.79 Å². The first-order chi connectivity index (χ1) is 12.7. The van der Waals surface area contributed by atoms with Crippen LogP contribution >= 0.6 is 0 Å². The number of carbonyl (C=O) groups excluding carboxylic acids is 1. The maximum absolute atomic E-state index is 12.4. The van der Waals surface area contributed by atoms with E-state index in [4.69, 9.17) is 0 Å². The van der Waals surface area contributed by atoms with Crippen molar-refractivity contribution in [3.05, 3.63) is 90.0 Å². The van der Waals surface area contributed by atoms with Gasteiger partial charge in [0.05, 0.1) is 23.3 Å². The molecule has 0 aliphatic carbocycles. The summed E-state index contributed by atoms with van der Waals surface area (Å²) >= 11 is 0. The highest BCUT2D eigenvalue weighted by molar-refractivity contribution is 5.97. The van der Waals surface area contributed by atoms with Crippen molar-refractivity contribution in [2.24, 2.45) is 0 Å². The summed E-state index contributed by atoms with van der Waals surface area (Å²) in [6.45, 7) is 2.36. The molecule has 4 rings (SSSR count). The van der Waals surface area contributed by atoms with E-state index in [1.165, 1.54) is 0 Å². The van der Waals surface area contributed by atoms with Gasteiger partial charge in [0.1, 0.15) is 5.82 Å². The summed E-state index contributed by atoms with van der Waals surface area (Å²) in [6.07, 6.45) is 1.71. The van der Waals surface area contributed by atoms with Crippen LogP contribution in [0.1, 0.15) is 21.9 Å². The average Bonchev–Trinajstić information content (AvgIpc) is 3.02. The van der Waals surface area contributed by atoms with Gasteiger partial charge < -0.3 is 5.32 Å². The number of nitrogens with zero attached hydrogens (tertiary/aromatic N) is 3. The fourth-order valence-corrected chi connectivity index (χ4v) is 3.02. The van der Waals surface area contributed by atoms with Crippen LogP contribution in [0.4, 0.5) is 0 Å². The van der Waals surface area contributed by atoms with Crippen molar-refractivity contribution in [2.75, 3.05) is 0 Å². The minimum absolute atomic E-state index is 0.135. The van der Waals surface area contributed by atoms with Gasteiger partial charge in [-0.15, -0.1) is 0 Å². The summed E-state index contributed by atoms with van der Waals surface area (Å²) in [5.74, 6) is 0.752. The number of rotatable bonds is 4. The monoisotopic (exact) mass is 342 g/mol. The molecule has 26 heavy (non-hydrogen) atoms. The topological polar surface area (TPSA) is 59.8 Å². The second-order valence-electron chi connectivity index (χ2n) is 6.04. The Morgan fingerprint density at radius 2 is 1.85 bits per heavy atom. The predicted molar refractivity (Wildman–Crippen MR) is 101 cm³/mol. The Balaban J connectivity index is 1.61. The smallest absolute Gasteiger partial charge is 0.251 e. The summed E-state index contributed by atoms with van der Waals surface area (Å²) in [4.78, 5) is 21.3. The van der Waals surface area contributed by atoms with E-state index in [2.05, 4.69) is 19.9 Å². The number of nitrogens with one attached hydrogen (secondary N) is 1. The molecule has 0 aliphatic rings. The van der Waals surface area contributed by atoms with Crippen LogP contribution in [-0.2, 0) is 6.54 Å². The number of aryl methyl sites for hydroxylation is 1. The SMILES string of the molecule is Cc1nc2cc(C(=O)NCc3ccccn3)ccc2n1-c1ccccc1. The van der Waals surface area contributed by atoms with E-state index < -0.39 is 0 Å². The van der Waals surface area contributed by atoms with Gasteiger partial charge >= 0.3 is 0 Å². The van der Waals surface area contributed by atoms with Crippen LogP contribution in [0.25, 0.3) is 16.7 Å². The van der Waals surface area contributed by atoms with Gasteiger partial charge in [0.25, 0.3) is 5.91 Å². The number of para-hydroxylation sites is 1. The summed E-state index contributed by atoms with van der Waals surface area (Å²) in [5, 5.41) is 2.90. The molecule has 2 aromatic heterocycles. The fraction of sp³-hybridized carbons (Fsp3) is 0.0952. The van der Waals surface area contributed by atoms with Crippen molar-refractivity contribution in [2.45, 2.75) is 13.5 Å². The highest BCUT2D eigenvalue weighted by Gasteiger charge is 2.12. The van der Waals surface area contributed by atoms with Crippen LogP contribution in [0.5, 0.6) is 0 Å². The van der Waals surface area contributed by atoms with Gasteiger partial charge in [-0.05, 0) is 49.4 Å². The number of amides is 1. The Morgan fingerprint density at radius 3 is 2.62 bits per heavy atom. The Labute approximate surface area is 151 Å². The third kappa shape index (κ3) is 3.07. The van der Waals surface area contributed by atoms with E-state index in [1.807, 2.05) is 73.7 Å². The van der Waals surface area contributed by atoms with Crippen LogP contribution in [-0.4, -0.2) is 20.4 Å². The van der Waals surface area contributed by atoms with E-state index >= 15 is 0 Å². The van der Waals surface area contributed by atoms with Crippen LogP contribution in [0.2, 0.25) is 0 Å². The zero-order chi connectivity index (χ0) is 17.9. The number of pyridine rings is 1. The lowest BCUT2D eigenvalue weighted by molar-refractivity contribution is 0.0950. The number of hydrogen-bond donors (Lipinski definition) is 1. The molecule has 2 heterocycles. The molecule has 128 valence electrons. The highest BCUT2D eigenvalue weighted by atomic mass is 16.1. The summed E-state index contributed by atoms with van der Waals surface area (Å²) in [6, 6.07) is 21.3. The first-order valence-corrected chi connectivity index (χ1v) is 8.45. The molecule has 0 bridgehead atoms. The molecule has 4 aromatic rings. The van der Waals surface area contributed by atoms with Crippen LogP contribution in [0.3, 0.4) is 0 Å². The van der Waals surface area contributed by atoms with Crippen molar-refractivity contribution in [1.29, 1.82) is 0 Å². The maximum Gasteiger partial charge on any atom is 0.251 e. The summed E-state index contributed by atoms with van der Waals surface area (Å²) < 4.78 is 2.09. The number of benzene rings is 2. The lowest BCUT2D eigenvalue weighted by atomic mass is 10.2. The normalized spacial score (nSPS) is 10.8. The van der Waals surface area contributed by atoms with Gasteiger partial charge in [-0.1, -0.05) is 24.3 Å². The number of imidazole rings is 1. The van der Waals surface area contributed by atoms with E-state index in [-0.39, 0.29) is 5.91 Å². The van der Waals surface area contributed by atoms with Gasteiger partial charge in [-0.2, -0.15) is 0 Å². The molecule has 0 unspecified atom stereocenters. The fourth-order valence-electron chi connectivity index (χ4n) is 3.02. The van der Waals surface area contributed by atoms with Crippen LogP contribution in [0.15, 0.2) is 72.9 Å². The molecule has 1 N–H and O–H groups in total. The predicted octanol–water partition coefficient (Wildman–Crippen LogP) is 3.66. The van der Waals surface area contributed by atoms with Crippen LogP contribution in [0, 0.1) is 6.92 Å². The van der Waals surface area contributed by atoms with Crippen molar-refractivity contribution in [3.63, 3.8) is 0 Å². The van der Waals surface area contributed by atoms with Gasteiger partial charge in [0.15, 0.2) is 0 Å². The number of aromatic nitrogens is 3. The molecule has 1 amide bonds. The molecule has 2 aromatic carbocycles. The van der Waals surface area contributed by atoms with Crippen molar-refractivity contribution >= 4 is 16.9 Å². The van der Waals surface area contributed by atoms with E-state index in [9.17, 15) is 4.79 Å². The lowest BCUT2D eigenvalue weighted by Gasteiger charge is -2.07. The highest BCUT2D eigenvalue weighted by Crippen LogP contribution is 2.22. The molecular weight excluding hydrogens is 324 g/mol. The summed E-state index contributed by atoms with van der Waals surface area (Å²) in [7, 11) is 0. The first-order valence-electron chi connectivity index (χ1n) is 8.45. The molecular formula is C21H18N4O. The van der Waals surface area contributed by atoms with E-state index in [0.29, 0.717) is 12.1 Å². The minimum Gasteiger partial charge on any atom is -0.346 e. The molecule has 0 saturated heterocycles. The Kier molecular flexibility index (Phi) is 4.19. The van der Waals surface area contributed by atoms with Gasteiger partial charge in [-0.3, -0.25) is 14.3 Å². The third-order valence-corrected chi connectivity index (χ3v) is 4.25. The number of carbonyl (C=O) groups is 1. The first kappa shape index (κ1) is 16.0. The molecule has 0 fully saturated rings. The third-order valence-electron chi connectivity index (χ3n) is 4.25. The minimum atomic E-state index is -0.135. The maximum atomic E-state index is 12.4. The second-order valence-corrected chi connectivity index (χ2v) is 6.04. The molecule has 0 radical (unpaired) electrons. The standard InChI is InChI=1S/C21H18N4O/c1-15-24-19-13-16(21(26)23-14-17-7-5-6-12-22-17)10-11-20(19)25(15)18-8-3-2-4-9-18/h2-13H,14H2,1H3,(H,23,26). The van der Waals surface area contributed by atoms with Gasteiger partial charge in [-0.25, -0.2) is 4.98 Å². The van der Waals surface area contributed by atoms with Crippen molar-refractivity contribution in [3.8, 4) is 5.69 Å². The number of hydrogen-bond acceptors (Lipinski definition) is 3. The molecule has 0 spiro atoms. The number of fused-ring (bicyclic) bond motifs is 1. The quantitative estimate of drug-likeness (QED) is 0.616. The van der Waals surface area contributed by atoms with Gasteiger partial charge in [0.2, 0.25) is 0 Å². The average molecular weight is 342 g/mol. The van der Waals surface area contributed by atoms with E-state index in [1.54, 1.807) is 6.20 Å². The Hall–Kier alpha value is -3.47. The summed E-state index contributed by atoms with van der Waals surface area (Å²) in [5.41, 5.74) is 4.25. The van der Waals surface area contributed by atoms with E-state index in [0.717, 1.165) is 28.2 Å². The molecule has 5 heteroatoms. The molecule has 0 saturated carbocycles. The van der Waals surface area contributed by atoms with Crippen LogP contribution < -0.4 is 5.32 Å². The lowest BCUT2D eigenvalue weighted by Crippen LogP contribution is -2.23. The molecule has 0 aliphatic heterocycles. The van der Waals surface area contributed by atoms with Gasteiger partial charge in [0, 0.05) is 17.4 Å².